The Labute approximate surface area is 170 Å². The molecule has 2 aromatic carbocycles. The zero-order valence-corrected chi connectivity index (χ0v) is 17.4. The van der Waals surface area contributed by atoms with Gasteiger partial charge in [-0.3, -0.25) is 0 Å². The van der Waals surface area contributed by atoms with E-state index in [0.717, 1.165) is 28.6 Å². The predicted octanol–water partition coefficient (Wildman–Crippen LogP) is 5.93. The summed E-state index contributed by atoms with van der Waals surface area (Å²) in [5, 5.41) is 16.7. The standard InChI is InChI=1S/C20H19ClN4O.C2H6/c1-3-10-23-20(26)24-15-7-4-13(5-8-15)19-17(12-22)16-11-14(21)6-9-18(16)25(19)2;1-2/h4-9,11H,3,10H2,1-2H3,(H2,23,24,26);1-2H3. The molecule has 0 aliphatic carbocycles. The average molecular weight is 397 g/mol. The molecule has 3 aromatic rings. The third-order valence-electron chi connectivity index (χ3n) is 4.23. The van der Waals surface area contributed by atoms with Crippen LogP contribution in [0.3, 0.4) is 0 Å². The van der Waals surface area contributed by atoms with Crippen molar-refractivity contribution >= 4 is 34.2 Å². The molecule has 0 aliphatic rings. The van der Waals surface area contributed by atoms with Crippen LogP contribution in [0.5, 0.6) is 0 Å². The first-order valence-electron chi connectivity index (χ1n) is 9.38. The highest BCUT2D eigenvalue weighted by molar-refractivity contribution is 6.31. The Morgan fingerprint density at radius 2 is 1.86 bits per heavy atom. The number of fused-ring (bicyclic) bond motifs is 1. The Balaban J connectivity index is 0.00000136. The number of halogens is 1. The Morgan fingerprint density at radius 1 is 1.18 bits per heavy atom. The van der Waals surface area contributed by atoms with E-state index in [1.165, 1.54) is 0 Å². The van der Waals surface area contributed by atoms with Crippen molar-refractivity contribution in [2.24, 2.45) is 7.05 Å². The lowest BCUT2D eigenvalue weighted by molar-refractivity contribution is 0.252. The van der Waals surface area contributed by atoms with Gasteiger partial charge in [-0.1, -0.05) is 44.5 Å². The maximum Gasteiger partial charge on any atom is 0.319 e. The Kier molecular flexibility index (Phi) is 7.48. The maximum absolute atomic E-state index is 11.7. The molecule has 0 radical (unpaired) electrons. The quantitative estimate of drug-likeness (QED) is 0.573. The van der Waals surface area contributed by atoms with E-state index in [-0.39, 0.29) is 6.03 Å². The molecule has 0 unspecified atom stereocenters. The maximum atomic E-state index is 11.7. The molecule has 0 bridgehead atoms. The molecule has 146 valence electrons. The second-order valence-electron chi connectivity index (χ2n) is 6.01. The number of nitriles is 1. The van der Waals surface area contributed by atoms with Crippen LogP contribution in [0.4, 0.5) is 10.5 Å². The summed E-state index contributed by atoms with van der Waals surface area (Å²) in [5.41, 5.74) is 3.96. The van der Waals surface area contributed by atoms with Crippen LogP contribution in [-0.4, -0.2) is 17.1 Å². The molecular formula is C22H25ClN4O. The minimum Gasteiger partial charge on any atom is -0.343 e. The number of aryl methyl sites for hydroxylation is 1. The number of anilines is 1. The van der Waals surface area contributed by atoms with Crippen molar-refractivity contribution in [3.05, 3.63) is 53.1 Å². The van der Waals surface area contributed by atoms with Crippen molar-refractivity contribution in [2.75, 3.05) is 11.9 Å². The number of benzene rings is 2. The molecule has 0 aliphatic heterocycles. The van der Waals surface area contributed by atoms with Gasteiger partial charge in [-0.2, -0.15) is 5.26 Å². The van der Waals surface area contributed by atoms with Crippen molar-refractivity contribution in [1.82, 2.24) is 9.88 Å². The molecule has 0 spiro atoms. The Bertz CT molecular complexity index is 1000. The van der Waals surface area contributed by atoms with E-state index in [9.17, 15) is 10.1 Å². The molecule has 2 N–H and O–H groups in total. The van der Waals surface area contributed by atoms with Gasteiger partial charge in [0.05, 0.1) is 11.3 Å². The van der Waals surface area contributed by atoms with Gasteiger partial charge in [0.25, 0.3) is 0 Å². The van der Waals surface area contributed by atoms with Crippen LogP contribution in [0.25, 0.3) is 22.2 Å². The van der Waals surface area contributed by atoms with Crippen LogP contribution in [0.2, 0.25) is 5.02 Å². The summed E-state index contributed by atoms with van der Waals surface area (Å²) in [5.74, 6) is 0. The van der Waals surface area contributed by atoms with Crippen LogP contribution < -0.4 is 10.6 Å². The average Bonchev–Trinajstić information content (AvgIpc) is 2.99. The van der Waals surface area contributed by atoms with Crippen molar-refractivity contribution < 1.29 is 4.79 Å². The predicted molar refractivity (Wildman–Crippen MR) is 117 cm³/mol. The van der Waals surface area contributed by atoms with Crippen LogP contribution in [-0.2, 0) is 7.05 Å². The van der Waals surface area contributed by atoms with Gasteiger partial charge >= 0.3 is 6.03 Å². The SMILES string of the molecule is CC.CCCNC(=O)Nc1ccc(-c2c(C#N)c3cc(Cl)ccc3n2C)cc1. The van der Waals surface area contributed by atoms with Crippen LogP contribution in [0, 0.1) is 11.3 Å². The van der Waals surface area contributed by atoms with Gasteiger partial charge in [0.1, 0.15) is 6.07 Å². The summed E-state index contributed by atoms with van der Waals surface area (Å²) in [4.78, 5) is 11.7. The molecule has 5 nitrogen and oxygen atoms in total. The first-order chi connectivity index (χ1) is 13.5. The fraction of sp³-hybridized carbons (Fsp3) is 0.273. The lowest BCUT2D eigenvalue weighted by atomic mass is 10.1. The van der Waals surface area contributed by atoms with Gasteiger partial charge in [-0.05, 0) is 42.3 Å². The number of nitrogens with one attached hydrogen (secondary N) is 2. The molecule has 2 amide bonds. The van der Waals surface area contributed by atoms with Gasteiger partial charge in [0.15, 0.2) is 0 Å². The lowest BCUT2D eigenvalue weighted by Gasteiger charge is -2.09. The number of nitrogens with zero attached hydrogens (tertiary/aromatic N) is 2. The molecule has 28 heavy (non-hydrogen) atoms. The molecular weight excluding hydrogens is 372 g/mol. The molecule has 0 saturated heterocycles. The van der Waals surface area contributed by atoms with Crippen molar-refractivity contribution in [2.45, 2.75) is 27.2 Å². The van der Waals surface area contributed by atoms with E-state index in [1.54, 1.807) is 0 Å². The Hall–Kier alpha value is -2.97. The van der Waals surface area contributed by atoms with Crippen molar-refractivity contribution in [3.63, 3.8) is 0 Å². The van der Waals surface area contributed by atoms with Crippen LogP contribution in [0.15, 0.2) is 42.5 Å². The van der Waals surface area contributed by atoms with Crippen LogP contribution in [0.1, 0.15) is 32.8 Å². The number of carbonyl (C=O) groups excluding carboxylic acids is 1. The molecule has 3 rings (SSSR count). The first kappa shape index (κ1) is 21.3. The normalized spacial score (nSPS) is 10.0. The summed E-state index contributed by atoms with van der Waals surface area (Å²) in [7, 11) is 1.93. The zero-order valence-electron chi connectivity index (χ0n) is 16.6. The van der Waals surface area contributed by atoms with Crippen molar-refractivity contribution in [3.8, 4) is 17.3 Å². The van der Waals surface area contributed by atoms with Gasteiger partial charge in [0, 0.05) is 35.2 Å². The number of amides is 2. The fourth-order valence-electron chi connectivity index (χ4n) is 2.99. The monoisotopic (exact) mass is 396 g/mol. The topological polar surface area (TPSA) is 69.8 Å². The smallest absolute Gasteiger partial charge is 0.319 e. The molecule has 1 heterocycles. The van der Waals surface area contributed by atoms with E-state index in [2.05, 4.69) is 16.7 Å². The van der Waals surface area contributed by atoms with E-state index < -0.39 is 0 Å². The summed E-state index contributed by atoms with van der Waals surface area (Å²) < 4.78 is 1.99. The summed E-state index contributed by atoms with van der Waals surface area (Å²) in [6, 6.07) is 15.1. The van der Waals surface area contributed by atoms with E-state index in [4.69, 9.17) is 11.6 Å². The fourth-order valence-corrected chi connectivity index (χ4v) is 3.17. The number of aromatic nitrogens is 1. The van der Waals surface area contributed by atoms with Gasteiger partial charge in [0.2, 0.25) is 0 Å². The minimum absolute atomic E-state index is 0.225. The zero-order chi connectivity index (χ0) is 20.7. The van der Waals surface area contributed by atoms with E-state index in [0.29, 0.717) is 22.8 Å². The minimum atomic E-state index is -0.225. The largest absolute Gasteiger partial charge is 0.343 e. The number of hydrogen-bond donors (Lipinski definition) is 2. The molecule has 1 aromatic heterocycles. The molecule has 0 atom stereocenters. The molecule has 0 saturated carbocycles. The lowest BCUT2D eigenvalue weighted by Crippen LogP contribution is -2.29. The summed E-state index contributed by atoms with van der Waals surface area (Å²) >= 11 is 6.10. The second kappa shape index (κ2) is 9.82. The van der Waals surface area contributed by atoms with E-state index in [1.807, 2.05) is 74.9 Å². The Morgan fingerprint density at radius 3 is 2.46 bits per heavy atom. The molecule has 0 fully saturated rings. The molecule has 6 heteroatoms. The number of hydrogen-bond acceptors (Lipinski definition) is 2. The highest BCUT2D eigenvalue weighted by Gasteiger charge is 2.17. The highest BCUT2D eigenvalue weighted by Crippen LogP contribution is 2.34. The summed E-state index contributed by atoms with van der Waals surface area (Å²) in [6.45, 7) is 6.63. The first-order valence-corrected chi connectivity index (χ1v) is 9.76. The van der Waals surface area contributed by atoms with E-state index >= 15 is 0 Å². The third kappa shape index (κ3) is 4.47. The number of rotatable bonds is 4. The van der Waals surface area contributed by atoms with Gasteiger partial charge < -0.3 is 15.2 Å². The number of carbonyl (C=O) groups is 1. The van der Waals surface area contributed by atoms with Crippen molar-refractivity contribution in [1.29, 1.82) is 5.26 Å². The van der Waals surface area contributed by atoms with Gasteiger partial charge in [-0.25, -0.2) is 4.79 Å². The van der Waals surface area contributed by atoms with Gasteiger partial charge in [-0.15, -0.1) is 0 Å². The second-order valence-corrected chi connectivity index (χ2v) is 6.45. The number of urea groups is 1. The third-order valence-corrected chi connectivity index (χ3v) is 4.46. The highest BCUT2D eigenvalue weighted by atomic mass is 35.5. The van der Waals surface area contributed by atoms with Crippen LogP contribution >= 0.6 is 11.6 Å². The summed E-state index contributed by atoms with van der Waals surface area (Å²) in [6.07, 6.45) is 0.883.